The SMILES string of the molecule is CC(NC(=O)/C=C\c1ccccc1)c1nc2ccccc2n1CC(=O)N(C)c1ccccc1. The minimum atomic E-state index is -0.389. The van der Waals surface area contributed by atoms with Gasteiger partial charge in [-0.05, 0) is 42.8 Å². The highest BCUT2D eigenvalue weighted by atomic mass is 16.2. The second-order valence-corrected chi connectivity index (χ2v) is 7.81. The van der Waals surface area contributed by atoms with Crippen molar-refractivity contribution in [3.63, 3.8) is 0 Å². The van der Waals surface area contributed by atoms with Crippen molar-refractivity contribution in [2.24, 2.45) is 0 Å². The molecule has 0 saturated heterocycles. The van der Waals surface area contributed by atoms with Crippen LogP contribution in [0.15, 0.2) is 91.0 Å². The highest BCUT2D eigenvalue weighted by Gasteiger charge is 2.21. The molecule has 1 N–H and O–H groups in total. The van der Waals surface area contributed by atoms with Crippen molar-refractivity contribution in [3.8, 4) is 0 Å². The maximum absolute atomic E-state index is 13.1. The molecule has 6 heteroatoms. The molecule has 0 aliphatic heterocycles. The first-order valence-corrected chi connectivity index (χ1v) is 10.8. The van der Waals surface area contributed by atoms with Crippen molar-refractivity contribution >= 4 is 34.6 Å². The van der Waals surface area contributed by atoms with E-state index in [1.165, 1.54) is 6.08 Å². The minimum Gasteiger partial charge on any atom is -0.343 e. The molecule has 4 aromatic rings. The van der Waals surface area contributed by atoms with Crippen molar-refractivity contribution in [1.29, 1.82) is 0 Å². The van der Waals surface area contributed by atoms with E-state index in [1.807, 2.05) is 96.4 Å². The Balaban J connectivity index is 1.56. The molecule has 1 aromatic heterocycles. The number of nitrogens with zero attached hydrogens (tertiary/aromatic N) is 3. The van der Waals surface area contributed by atoms with E-state index in [9.17, 15) is 9.59 Å². The number of likely N-dealkylation sites (N-methyl/N-ethyl adjacent to an activating group) is 1. The van der Waals surface area contributed by atoms with E-state index in [1.54, 1.807) is 18.0 Å². The minimum absolute atomic E-state index is 0.0758. The molecule has 0 aliphatic carbocycles. The fourth-order valence-corrected chi connectivity index (χ4v) is 3.69. The van der Waals surface area contributed by atoms with Crippen LogP contribution >= 0.6 is 0 Å². The van der Waals surface area contributed by atoms with Crippen LogP contribution in [0.2, 0.25) is 0 Å². The van der Waals surface area contributed by atoms with Gasteiger partial charge in [0.15, 0.2) is 0 Å². The number of nitrogens with one attached hydrogen (secondary N) is 1. The number of carbonyl (C=O) groups is 2. The highest BCUT2D eigenvalue weighted by Crippen LogP contribution is 2.22. The third-order valence-electron chi connectivity index (χ3n) is 5.47. The zero-order chi connectivity index (χ0) is 23.2. The number of imidazole rings is 1. The summed E-state index contributed by atoms with van der Waals surface area (Å²) in [6.45, 7) is 1.98. The fourth-order valence-electron chi connectivity index (χ4n) is 3.69. The standard InChI is InChI=1S/C27H26N4O2/c1-20(28-25(32)18-17-21-11-5-3-6-12-21)27-29-23-15-9-10-16-24(23)31(27)19-26(33)30(2)22-13-7-4-8-14-22/h3-18,20H,19H2,1-2H3,(H,28,32)/b18-17-. The van der Waals surface area contributed by atoms with Crippen LogP contribution in [0.4, 0.5) is 5.69 Å². The van der Waals surface area contributed by atoms with Gasteiger partial charge >= 0.3 is 0 Å². The van der Waals surface area contributed by atoms with Crippen LogP contribution in [0.5, 0.6) is 0 Å². The number of benzene rings is 3. The third kappa shape index (κ3) is 5.18. The quantitative estimate of drug-likeness (QED) is 0.429. The normalized spacial score (nSPS) is 12.1. The molecule has 1 heterocycles. The molecule has 0 bridgehead atoms. The number of carbonyl (C=O) groups excluding carboxylic acids is 2. The lowest BCUT2D eigenvalue weighted by atomic mass is 10.2. The van der Waals surface area contributed by atoms with Crippen molar-refractivity contribution in [1.82, 2.24) is 14.9 Å². The second kappa shape index (κ2) is 9.96. The number of hydrogen-bond acceptors (Lipinski definition) is 3. The number of aromatic nitrogens is 2. The maximum Gasteiger partial charge on any atom is 0.246 e. The van der Waals surface area contributed by atoms with E-state index in [0.29, 0.717) is 5.82 Å². The molecule has 0 saturated carbocycles. The number of anilines is 1. The summed E-state index contributed by atoms with van der Waals surface area (Å²) in [7, 11) is 1.76. The lowest BCUT2D eigenvalue weighted by molar-refractivity contribution is -0.118. The number of rotatable bonds is 7. The Kier molecular flexibility index (Phi) is 6.64. The Morgan fingerprint density at radius 1 is 0.970 bits per heavy atom. The van der Waals surface area contributed by atoms with Crippen LogP contribution in [0.1, 0.15) is 24.4 Å². The summed E-state index contributed by atoms with van der Waals surface area (Å²) in [6.07, 6.45) is 3.27. The fraction of sp³-hybridized carbons (Fsp3) is 0.148. The zero-order valence-electron chi connectivity index (χ0n) is 18.7. The molecular formula is C27H26N4O2. The van der Waals surface area contributed by atoms with Crippen molar-refractivity contribution in [3.05, 3.63) is 102 Å². The van der Waals surface area contributed by atoms with Gasteiger partial charge in [0.2, 0.25) is 11.8 Å². The lowest BCUT2D eigenvalue weighted by Crippen LogP contribution is -2.32. The van der Waals surface area contributed by atoms with Gasteiger partial charge < -0.3 is 14.8 Å². The molecule has 0 radical (unpaired) electrons. The Bertz CT molecular complexity index is 1280. The number of hydrogen-bond donors (Lipinski definition) is 1. The van der Waals surface area contributed by atoms with Gasteiger partial charge in [0.25, 0.3) is 0 Å². The van der Waals surface area contributed by atoms with Crippen LogP contribution in [0.25, 0.3) is 17.1 Å². The maximum atomic E-state index is 13.1. The van der Waals surface area contributed by atoms with E-state index < -0.39 is 0 Å². The molecule has 1 unspecified atom stereocenters. The lowest BCUT2D eigenvalue weighted by Gasteiger charge is -2.20. The average Bonchev–Trinajstić information content (AvgIpc) is 3.22. The van der Waals surface area contributed by atoms with Crippen LogP contribution in [0.3, 0.4) is 0 Å². The van der Waals surface area contributed by atoms with Crippen LogP contribution in [-0.2, 0) is 16.1 Å². The van der Waals surface area contributed by atoms with E-state index in [-0.39, 0.29) is 24.4 Å². The predicted octanol–water partition coefficient (Wildman–Crippen LogP) is 4.59. The molecule has 4 rings (SSSR count). The molecule has 0 fully saturated rings. The summed E-state index contributed by atoms with van der Waals surface area (Å²) in [5.74, 6) is 0.332. The predicted molar refractivity (Wildman–Crippen MR) is 132 cm³/mol. The van der Waals surface area contributed by atoms with Gasteiger partial charge in [-0.2, -0.15) is 0 Å². The smallest absolute Gasteiger partial charge is 0.246 e. The summed E-state index contributed by atoms with van der Waals surface area (Å²) in [5, 5.41) is 2.97. The first-order valence-electron chi connectivity index (χ1n) is 10.8. The molecule has 6 nitrogen and oxygen atoms in total. The number of amides is 2. The van der Waals surface area contributed by atoms with E-state index >= 15 is 0 Å². The Morgan fingerprint density at radius 3 is 2.33 bits per heavy atom. The molecule has 2 amide bonds. The van der Waals surface area contributed by atoms with Gasteiger partial charge in [0, 0.05) is 18.8 Å². The van der Waals surface area contributed by atoms with Gasteiger partial charge in [-0.15, -0.1) is 0 Å². The summed E-state index contributed by atoms with van der Waals surface area (Å²) in [4.78, 5) is 32.0. The van der Waals surface area contributed by atoms with Gasteiger partial charge in [-0.1, -0.05) is 60.7 Å². The van der Waals surface area contributed by atoms with Crippen LogP contribution in [0, 0.1) is 0 Å². The van der Waals surface area contributed by atoms with Crippen LogP contribution in [-0.4, -0.2) is 28.4 Å². The monoisotopic (exact) mass is 438 g/mol. The van der Waals surface area contributed by atoms with Gasteiger partial charge in [0.1, 0.15) is 12.4 Å². The average molecular weight is 439 g/mol. The molecular weight excluding hydrogens is 412 g/mol. The molecule has 33 heavy (non-hydrogen) atoms. The van der Waals surface area contributed by atoms with E-state index in [4.69, 9.17) is 4.98 Å². The molecule has 3 aromatic carbocycles. The number of para-hydroxylation sites is 3. The van der Waals surface area contributed by atoms with E-state index in [2.05, 4.69) is 5.32 Å². The van der Waals surface area contributed by atoms with Crippen molar-refractivity contribution in [2.75, 3.05) is 11.9 Å². The van der Waals surface area contributed by atoms with Crippen LogP contribution < -0.4 is 10.2 Å². The summed E-state index contributed by atoms with van der Waals surface area (Å²) >= 11 is 0. The molecule has 1 atom stereocenters. The molecule has 166 valence electrons. The number of fused-ring (bicyclic) bond motifs is 1. The summed E-state index contributed by atoms with van der Waals surface area (Å²) in [5.41, 5.74) is 3.40. The zero-order valence-corrected chi connectivity index (χ0v) is 18.7. The summed E-state index contributed by atoms with van der Waals surface area (Å²) in [6, 6.07) is 26.4. The molecule has 0 spiro atoms. The summed E-state index contributed by atoms with van der Waals surface area (Å²) < 4.78 is 1.88. The highest BCUT2D eigenvalue weighted by molar-refractivity contribution is 5.94. The van der Waals surface area contributed by atoms with Gasteiger partial charge in [-0.25, -0.2) is 4.98 Å². The van der Waals surface area contributed by atoms with Crippen molar-refractivity contribution in [2.45, 2.75) is 19.5 Å². The Labute approximate surface area is 193 Å². The topological polar surface area (TPSA) is 67.2 Å². The van der Waals surface area contributed by atoms with Gasteiger partial charge in [0.05, 0.1) is 17.1 Å². The third-order valence-corrected chi connectivity index (χ3v) is 5.47. The Hall–Kier alpha value is -4.19. The first-order chi connectivity index (χ1) is 16.0. The van der Waals surface area contributed by atoms with E-state index in [0.717, 1.165) is 22.3 Å². The van der Waals surface area contributed by atoms with Gasteiger partial charge in [-0.3, -0.25) is 9.59 Å². The largest absolute Gasteiger partial charge is 0.343 e. The van der Waals surface area contributed by atoms with Crippen molar-refractivity contribution < 1.29 is 9.59 Å². The first kappa shape index (κ1) is 22.0. The second-order valence-electron chi connectivity index (χ2n) is 7.81. The Morgan fingerprint density at radius 2 is 1.61 bits per heavy atom. The molecule has 0 aliphatic rings.